The summed E-state index contributed by atoms with van der Waals surface area (Å²) in [6.07, 6.45) is 4.49. The predicted octanol–water partition coefficient (Wildman–Crippen LogP) is 3.08. The van der Waals surface area contributed by atoms with Gasteiger partial charge in [-0.25, -0.2) is 4.79 Å². The summed E-state index contributed by atoms with van der Waals surface area (Å²) in [6.45, 7) is 2.53. The Kier molecular flexibility index (Phi) is 4.88. The van der Waals surface area contributed by atoms with Crippen molar-refractivity contribution in [2.45, 2.75) is 25.7 Å². The number of unbranched alkanes of at least 4 members (excludes halogenated alkanes) is 2. The lowest BCUT2D eigenvalue weighted by Crippen LogP contribution is -2.28. The Morgan fingerprint density at radius 2 is 1.94 bits per heavy atom. The van der Waals surface area contributed by atoms with Gasteiger partial charge in [0.2, 0.25) is 0 Å². The van der Waals surface area contributed by atoms with E-state index in [-0.39, 0.29) is 6.03 Å². The lowest BCUT2D eigenvalue weighted by atomic mass is 10.1. The van der Waals surface area contributed by atoms with E-state index in [9.17, 15) is 4.79 Å². The smallest absolute Gasteiger partial charge is 0.317 e. The lowest BCUT2D eigenvalue weighted by Gasteiger charge is -2.13. The third-order valence-electron chi connectivity index (χ3n) is 3.25. The number of rotatable bonds is 6. The van der Waals surface area contributed by atoms with Crippen LogP contribution in [0.4, 0.5) is 4.79 Å². The Balaban J connectivity index is 1.58. The zero-order chi connectivity index (χ0) is 12.8. The highest BCUT2D eigenvalue weighted by Gasteiger charge is 2.17. The van der Waals surface area contributed by atoms with Crippen molar-refractivity contribution in [3.8, 4) is 0 Å². The van der Waals surface area contributed by atoms with E-state index in [2.05, 4.69) is 17.4 Å². The number of hydrogen-bond donors (Lipinski definition) is 1. The van der Waals surface area contributed by atoms with E-state index < -0.39 is 0 Å². The van der Waals surface area contributed by atoms with Crippen molar-refractivity contribution in [1.29, 1.82) is 0 Å². The number of amides is 2. The van der Waals surface area contributed by atoms with E-state index in [0.717, 1.165) is 50.3 Å². The van der Waals surface area contributed by atoms with Crippen molar-refractivity contribution < 1.29 is 4.79 Å². The first-order valence-corrected chi connectivity index (χ1v) is 6.91. The van der Waals surface area contributed by atoms with Gasteiger partial charge < -0.3 is 10.2 Å². The molecule has 1 aliphatic rings. The van der Waals surface area contributed by atoms with E-state index in [1.54, 1.807) is 0 Å². The van der Waals surface area contributed by atoms with E-state index in [0.29, 0.717) is 0 Å². The highest BCUT2D eigenvalue weighted by atomic mass is 35.5. The molecule has 18 heavy (non-hydrogen) atoms. The number of aryl methyl sites for hydroxylation is 1. The maximum absolute atomic E-state index is 11.3. The van der Waals surface area contributed by atoms with Gasteiger partial charge in [0, 0.05) is 24.7 Å². The Hall–Kier alpha value is -1.22. The monoisotopic (exact) mass is 266 g/mol. The van der Waals surface area contributed by atoms with E-state index in [1.165, 1.54) is 5.56 Å². The molecule has 0 unspecified atom stereocenters. The van der Waals surface area contributed by atoms with Crippen molar-refractivity contribution in [1.82, 2.24) is 10.2 Å². The number of urea groups is 1. The Morgan fingerprint density at radius 1 is 1.17 bits per heavy atom. The summed E-state index contributed by atoms with van der Waals surface area (Å²) >= 11 is 5.84. The molecular formula is C14H19ClN2O. The van der Waals surface area contributed by atoms with Crippen molar-refractivity contribution in [2.75, 3.05) is 19.6 Å². The molecule has 1 aromatic carbocycles. The summed E-state index contributed by atoms with van der Waals surface area (Å²) in [5, 5.41) is 3.61. The molecule has 1 fully saturated rings. The molecule has 1 aromatic rings. The highest BCUT2D eigenvalue weighted by Crippen LogP contribution is 2.12. The number of benzene rings is 1. The number of carbonyl (C=O) groups is 1. The molecule has 1 saturated heterocycles. The van der Waals surface area contributed by atoms with Crippen LogP contribution in [-0.4, -0.2) is 30.6 Å². The van der Waals surface area contributed by atoms with Gasteiger partial charge in [-0.05, 0) is 37.0 Å². The minimum atomic E-state index is 0.0905. The first kappa shape index (κ1) is 13.2. The van der Waals surface area contributed by atoms with Gasteiger partial charge in [0.05, 0.1) is 0 Å². The maximum atomic E-state index is 11.3. The molecule has 3 nitrogen and oxygen atoms in total. The van der Waals surface area contributed by atoms with Crippen molar-refractivity contribution >= 4 is 17.6 Å². The van der Waals surface area contributed by atoms with Crippen LogP contribution in [-0.2, 0) is 6.42 Å². The van der Waals surface area contributed by atoms with Crippen LogP contribution in [0.15, 0.2) is 24.3 Å². The molecular weight excluding hydrogens is 248 g/mol. The van der Waals surface area contributed by atoms with E-state index >= 15 is 0 Å². The largest absolute Gasteiger partial charge is 0.336 e. The number of hydrogen-bond acceptors (Lipinski definition) is 1. The zero-order valence-corrected chi connectivity index (χ0v) is 11.2. The summed E-state index contributed by atoms with van der Waals surface area (Å²) in [4.78, 5) is 13.2. The molecule has 0 radical (unpaired) electrons. The Labute approximate surface area is 113 Å². The van der Waals surface area contributed by atoms with Gasteiger partial charge in [0.15, 0.2) is 0 Å². The molecule has 2 rings (SSSR count). The average molecular weight is 267 g/mol. The molecule has 98 valence electrons. The third kappa shape index (κ3) is 3.91. The van der Waals surface area contributed by atoms with E-state index in [1.807, 2.05) is 17.0 Å². The summed E-state index contributed by atoms with van der Waals surface area (Å²) < 4.78 is 0. The molecule has 0 atom stereocenters. The number of halogens is 1. The van der Waals surface area contributed by atoms with Crippen LogP contribution in [0, 0.1) is 0 Å². The summed E-state index contributed by atoms with van der Waals surface area (Å²) in [6, 6.07) is 8.12. The molecule has 0 aromatic heterocycles. The highest BCUT2D eigenvalue weighted by molar-refractivity contribution is 6.30. The molecule has 1 aliphatic heterocycles. The van der Waals surface area contributed by atoms with Gasteiger partial charge in [0.1, 0.15) is 0 Å². The molecule has 1 heterocycles. The summed E-state index contributed by atoms with van der Waals surface area (Å²) in [5.41, 5.74) is 1.33. The average Bonchev–Trinajstić information content (AvgIpc) is 2.77. The van der Waals surface area contributed by atoms with Crippen LogP contribution in [0.25, 0.3) is 0 Å². The van der Waals surface area contributed by atoms with Crippen molar-refractivity contribution in [2.24, 2.45) is 0 Å². The minimum absolute atomic E-state index is 0.0905. The fourth-order valence-corrected chi connectivity index (χ4v) is 2.31. The van der Waals surface area contributed by atoms with Gasteiger partial charge in [0.25, 0.3) is 0 Å². The minimum Gasteiger partial charge on any atom is -0.336 e. The van der Waals surface area contributed by atoms with Gasteiger partial charge in [-0.1, -0.05) is 30.2 Å². The van der Waals surface area contributed by atoms with Crippen LogP contribution in [0.1, 0.15) is 24.8 Å². The molecule has 2 amide bonds. The fourth-order valence-electron chi connectivity index (χ4n) is 2.18. The second-order valence-electron chi connectivity index (χ2n) is 4.66. The second-order valence-corrected chi connectivity index (χ2v) is 5.09. The Bertz CT molecular complexity index is 391. The lowest BCUT2D eigenvalue weighted by molar-refractivity contribution is 0.216. The number of nitrogens with zero attached hydrogens (tertiary/aromatic N) is 1. The molecule has 1 N–H and O–H groups in total. The molecule has 0 spiro atoms. The van der Waals surface area contributed by atoms with Gasteiger partial charge in [-0.15, -0.1) is 0 Å². The van der Waals surface area contributed by atoms with Crippen molar-refractivity contribution in [3.63, 3.8) is 0 Å². The second kappa shape index (κ2) is 6.64. The molecule has 0 saturated carbocycles. The quantitative estimate of drug-likeness (QED) is 0.789. The summed E-state index contributed by atoms with van der Waals surface area (Å²) in [5.74, 6) is 0. The van der Waals surface area contributed by atoms with Crippen LogP contribution in [0.5, 0.6) is 0 Å². The standard InChI is InChI=1S/C14H19ClN2O/c15-13-7-5-12(6-8-13)4-2-1-3-10-17-11-9-16-14(17)18/h5-8H,1-4,9-11H2,(H,16,18). The van der Waals surface area contributed by atoms with Gasteiger partial charge in [-0.3, -0.25) is 0 Å². The van der Waals surface area contributed by atoms with Crippen LogP contribution >= 0.6 is 11.6 Å². The maximum Gasteiger partial charge on any atom is 0.317 e. The fraction of sp³-hybridized carbons (Fsp3) is 0.500. The zero-order valence-electron chi connectivity index (χ0n) is 10.5. The first-order valence-electron chi connectivity index (χ1n) is 6.53. The van der Waals surface area contributed by atoms with E-state index in [4.69, 9.17) is 11.6 Å². The van der Waals surface area contributed by atoms with Gasteiger partial charge in [-0.2, -0.15) is 0 Å². The van der Waals surface area contributed by atoms with Gasteiger partial charge >= 0.3 is 6.03 Å². The van der Waals surface area contributed by atoms with Crippen LogP contribution in [0.2, 0.25) is 5.02 Å². The first-order chi connectivity index (χ1) is 8.75. The number of carbonyl (C=O) groups excluding carboxylic acids is 1. The van der Waals surface area contributed by atoms with Crippen LogP contribution in [0.3, 0.4) is 0 Å². The predicted molar refractivity (Wildman–Crippen MR) is 74.0 cm³/mol. The number of nitrogens with one attached hydrogen (secondary N) is 1. The molecule has 4 heteroatoms. The Morgan fingerprint density at radius 3 is 2.61 bits per heavy atom. The normalized spacial score (nSPS) is 14.9. The van der Waals surface area contributed by atoms with Crippen molar-refractivity contribution in [3.05, 3.63) is 34.9 Å². The topological polar surface area (TPSA) is 32.3 Å². The molecule has 0 bridgehead atoms. The third-order valence-corrected chi connectivity index (χ3v) is 3.50. The van der Waals surface area contributed by atoms with Crippen LogP contribution < -0.4 is 5.32 Å². The molecule has 0 aliphatic carbocycles. The summed E-state index contributed by atoms with van der Waals surface area (Å²) in [7, 11) is 0. The SMILES string of the molecule is O=C1NCCN1CCCCCc1ccc(Cl)cc1.